The van der Waals surface area contributed by atoms with Crippen LogP contribution in [0.4, 0.5) is 5.69 Å². The molecule has 0 aliphatic rings. The van der Waals surface area contributed by atoms with Gasteiger partial charge in [0.2, 0.25) is 12.3 Å². The molecule has 2 aromatic carbocycles. The fourth-order valence-electron chi connectivity index (χ4n) is 2.74. The summed E-state index contributed by atoms with van der Waals surface area (Å²) in [6, 6.07) is 12.0. The van der Waals surface area contributed by atoms with Crippen molar-refractivity contribution in [3.63, 3.8) is 0 Å². The van der Waals surface area contributed by atoms with Gasteiger partial charge in [-0.25, -0.2) is 0 Å². The van der Waals surface area contributed by atoms with Gasteiger partial charge in [0, 0.05) is 27.7 Å². The second kappa shape index (κ2) is 9.77. The Morgan fingerprint density at radius 2 is 1.78 bits per heavy atom. The summed E-state index contributed by atoms with van der Waals surface area (Å²) in [4.78, 5) is 23.7. The molecule has 144 valence electrons. The summed E-state index contributed by atoms with van der Waals surface area (Å²) in [7, 11) is 0. The first-order chi connectivity index (χ1) is 12.8. The van der Waals surface area contributed by atoms with Crippen LogP contribution in [-0.2, 0) is 9.59 Å². The first-order valence-corrected chi connectivity index (χ1v) is 9.62. The first kappa shape index (κ1) is 21.3. The van der Waals surface area contributed by atoms with E-state index in [0.29, 0.717) is 34.5 Å². The van der Waals surface area contributed by atoms with Crippen LogP contribution >= 0.6 is 23.2 Å². The molecule has 2 N–H and O–H groups in total. The fraction of sp³-hybridized carbons (Fsp3) is 0.333. The minimum Gasteiger partial charge on any atom is -0.345 e. The molecule has 4 nitrogen and oxygen atoms in total. The van der Waals surface area contributed by atoms with E-state index >= 15 is 0 Å². The van der Waals surface area contributed by atoms with Crippen molar-refractivity contribution in [1.29, 1.82) is 0 Å². The smallest absolute Gasteiger partial charge is 0.221 e. The van der Waals surface area contributed by atoms with Gasteiger partial charge in [-0.15, -0.1) is 0 Å². The van der Waals surface area contributed by atoms with Crippen LogP contribution in [0, 0.1) is 11.8 Å². The Morgan fingerprint density at radius 3 is 2.41 bits per heavy atom. The van der Waals surface area contributed by atoms with E-state index in [4.69, 9.17) is 23.2 Å². The molecule has 0 aliphatic carbocycles. The van der Waals surface area contributed by atoms with Gasteiger partial charge in [0.1, 0.15) is 0 Å². The minimum atomic E-state index is -0.463. The van der Waals surface area contributed by atoms with E-state index in [1.54, 1.807) is 30.3 Å². The van der Waals surface area contributed by atoms with Gasteiger partial charge in [-0.3, -0.25) is 9.59 Å². The quantitative estimate of drug-likeness (QED) is 0.572. The van der Waals surface area contributed by atoms with Gasteiger partial charge in [0.05, 0.1) is 6.04 Å². The van der Waals surface area contributed by atoms with Crippen LogP contribution < -0.4 is 10.6 Å². The summed E-state index contributed by atoms with van der Waals surface area (Å²) in [5, 5.41) is 6.81. The third-order valence-corrected chi connectivity index (χ3v) is 5.14. The lowest BCUT2D eigenvalue weighted by atomic mass is 9.93. The second-order valence-electron chi connectivity index (χ2n) is 6.97. The van der Waals surface area contributed by atoms with Gasteiger partial charge in [0.15, 0.2) is 0 Å². The lowest BCUT2D eigenvalue weighted by Gasteiger charge is -2.24. The monoisotopic (exact) mass is 406 g/mol. The summed E-state index contributed by atoms with van der Waals surface area (Å²) in [6.45, 7) is 6.25. The summed E-state index contributed by atoms with van der Waals surface area (Å²) in [5.74, 6) is 0.596. The van der Waals surface area contributed by atoms with Crippen LogP contribution in [0.25, 0.3) is 0 Å². The molecular weight excluding hydrogens is 383 g/mol. The minimum absolute atomic E-state index is 0.0619. The number of carbonyl (C=O) groups is 2. The third-order valence-electron chi connectivity index (χ3n) is 4.67. The summed E-state index contributed by atoms with van der Waals surface area (Å²) >= 11 is 12.2. The Bertz CT molecular complexity index is 809. The Labute approximate surface area is 170 Å². The molecule has 2 unspecified atom stereocenters. The Hall–Kier alpha value is -2.04. The molecule has 0 aromatic heterocycles. The molecule has 0 saturated carbocycles. The molecule has 2 aromatic rings. The average molecular weight is 407 g/mol. The Kier molecular flexibility index (Phi) is 7.69. The van der Waals surface area contributed by atoms with Crippen molar-refractivity contribution in [2.24, 2.45) is 11.8 Å². The van der Waals surface area contributed by atoms with E-state index in [1.807, 2.05) is 12.1 Å². The van der Waals surface area contributed by atoms with E-state index in [0.717, 1.165) is 11.1 Å². The number of nitrogens with one attached hydrogen (secondary N) is 2. The van der Waals surface area contributed by atoms with E-state index in [9.17, 15) is 9.59 Å². The number of carbonyl (C=O) groups excluding carboxylic acids is 2. The molecule has 6 heteroatoms. The van der Waals surface area contributed by atoms with Crippen molar-refractivity contribution in [3.8, 4) is 0 Å². The molecule has 0 bridgehead atoms. The van der Waals surface area contributed by atoms with Crippen LogP contribution in [0.15, 0.2) is 42.5 Å². The van der Waals surface area contributed by atoms with E-state index in [1.165, 1.54) is 0 Å². The highest BCUT2D eigenvalue weighted by molar-refractivity contribution is 6.31. The SMILES string of the molecule is CC(C)C(C)CC(=O)NC(c1cccc(Cl)c1)c1ccc(Cl)cc1NC=O. The molecule has 0 saturated heterocycles. The van der Waals surface area contributed by atoms with Crippen LogP contribution in [0.5, 0.6) is 0 Å². The molecule has 2 amide bonds. The molecule has 27 heavy (non-hydrogen) atoms. The van der Waals surface area contributed by atoms with Gasteiger partial charge in [-0.1, -0.05) is 62.2 Å². The Morgan fingerprint density at radius 1 is 1.07 bits per heavy atom. The van der Waals surface area contributed by atoms with Crippen molar-refractivity contribution < 1.29 is 9.59 Å². The van der Waals surface area contributed by atoms with Crippen LogP contribution in [0.1, 0.15) is 44.4 Å². The number of amides is 2. The zero-order valence-corrected chi connectivity index (χ0v) is 17.1. The number of benzene rings is 2. The maximum atomic E-state index is 12.7. The van der Waals surface area contributed by atoms with Crippen LogP contribution in [0.3, 0.4) is 0 Å². The molecule has 0 spiro atoms. The van der Waals surface area contributed by atoms with E-state index < -0.39 is 6.04 Å². The molecule has 0 radical (unpaired) electrons. The molecule has 2 rings (SSSR count). The van der Waals surface area contributed by atoms with Gasteiger partial charge >= 0.3 is 0 Å². The number of anilines is 1. The lowest BCUT2D eigenvalue weighted by Crippen LogP contribution is -2.31. The highest BCUT2D eigenvalue weighted by Gasteiger charge is 2.22. The highest BCUT2D eigenvalue weighted by atomic mass is 35.5. The van der Waals surface area contributed by atoms with Crippen LogP contribution in [-0.4, -0.2) is 12.3 Å². The largest absolute Gasteiger partial charge is 0.345 e. The predicted molar refractivity (Wildman–Crippen MR) is 111 cm³/mol. The third kappa shape index (κ3) is 5.98. The summed E-state index contributed by atoms with van der Waals surface area (Å²) < 4.78 is 0. The molecule has 0 fully saturated rings. The van der Waals surface area contributed by atoms with Gasteiger partial charge in [-0.2, -0.15) is 0 Å². The standard InChI is InChI=1S/C21H24Cl2N2O2/c1-13(2)14(3)9-20(27)25-21(15-5-4-6-16(22)10-15)18-8-7-17(23)11-19(18)24-12-26/h4-8,10-14,21H,9H2,1-3H3,(H,24,26)(H,25,27). The highest BCUT2D eigenvalue weighted by Crippen LogP contribution is 2.32. The van der Waals surface area contributed by atoms with Crippen molar-refractivity contribution in [3.05, 3.63) is 63.6 Å². The Balaban J connectivity index is 2.42. The van der Waals surface area contributed by atoms with Gasteiger partial charge < -0.3 is 10.6 Å². The molecular formula is C21H24Cl2N2O2. The van der Waals surface area contributed by atoms with Crippen molar-refractivity contribution in [2.75, 3.05) is 5.32 Å². The van der Waals surface area contributed by atoms with E-state index in [-0.39, 0.29) is 11.8 Å². The zero-order chi connectivity index (χ0) is 20.0. The fourth-order valence-corrected chi connectivity index (χ4v) is 3.11. The van der Waals surface area contributed by atoms with E-state index in [2.05, 4.69) is 31.4 Å². The lowest BCUT2D eigenvalue weighted by molar-refractivity contribution is -0.122. The first-order valence-electron chi connectivity index (χ1n) is 8.86. The maximum Gasteiger partial charge on any atom is 0.221 e. The number of hydrogen-bond acceptors (Lipinski definition) is 2. The van der Waals surface area contributed by atoms with Crippen molar-refractivity contribution in [2.45, 2.75) is 33.2 Å². The topological polar surface area (TPSA) is 58.2 Å². The second-order valence-corrected chi connectivity index (χ2v) is 7.85. The normalized spacial score (nSPS) is 13.1. The molecule has 0 heterocycles. The van der Waals surface area contributed by atoms with Crippen molar-refractivity contribution >= 4 is 41.2 Å². The summed E-state index contributed by atoms with van der Waals surface area (Å²) in [6.07, 6.45) is 1.01. The van der Waals surface area contributed by atoms with Gasteiger partial charge in [0.25, 0.3) is 0 Å². The molecule has 0 aliphatic heterocycles. The number of hydrogen-bond donors (Lipinski definition) is 2. The molecule has 2 atom stereocenters. The van der Waals surface area contributed by atoms with Gasteiger partial charge in [-0.05, 0) is 41.7 Å². The summed E-state index contributed by atoms with van der Waals surface area (Å²) in [5.41, 5.74) is 2.10. The maximum absolute atomic E-state index is 12.7. The van der Waals surface area contributed by atoms with Crippen molar-refractivity contribution in [1.82, 2.24) is 5.32 Å². The predicted octanol–water partition coefficient (Wildman–Crippen LogP) is 5.45. The average Bonchev–Trinajstić information content (AvgIpc) is 2.60. The van der Waals surface area contributed by atoms with Crippen LogP contribution in [0.2, 0.25) is 10.0 Å². The number of rotatable bonds is 8. The number of halogens is 2. The zero-order valence-electron chi connectivity index (χ0n) is 15.6.